The highest BCUT2D eigenvalue weighted by atomic mass is 79.9. The van der Waals surface area contributed by atoms with Crippen LogP contribution < -0.4 is 14.8 Å². The SMILES string of the molecule is N#C/C(=C\c1cccc(Br)c1)C(=O)Nc1ccc2c(c1)OCCO2. The van der Waals surface area contributed by atoms with Crippen molar-refractivity contribution in [2.45, 2.75) is 0 Å². The standard InChI is InChI=1S/C18H13BrN2O3/c19-14-3-1-2-12(9-14)8-13(11-20)18(22)21-15-4-5-16-17(10-15)24-7-6-23-16/h1-5,8-10H,6-7H2,(H,21,22)/b13-8+. The van der Waals surface area contributed by atoms with Crippen molar-refractivity contribution >= 4 is 33.6 Å². The molecule has 1 amide bonds. The monoisotopic (exact) mass is 384 g/mol. The maximum atomic E-state index is 12.3. The van der Waals surface area contributed by atoms with E-state index in [2.05, 4.69) is 21.2 Å². The Morgan fingerprint density at radius 1 is 1.17 bits per heavy atom. The number of nitriles is 1. The van der Waals surface area contributed by atoms with Gasteiger partial charge in [-0.3, -0.25) is 4.79 Å². The van der Waals surface area contributed by atoms with E-state index in [9.17, 15) is 10.1 Å². The van der Waals surface area contributed by atoms with Crippen molar-refractivity contribution in [3.05, 3.63) is 58.1 Å². The molecule has 24 heavy (non-hydrogen) atoms. The second kappa shape index (κ2) is 7.20. The van der Waals surface area contributed by atoms with Gasteiger partial charge in [-0.05, 0) is 35.9 Å². The second-order valence-electron chi connectivity index (χ2n) is 5.04. The minimum atomic E-state index is -0.478. The molecule has 0 saturated carbocycles. The average Bonchev–Trinajstić information content (AvgIpc) is 2.59. The zero-order chi connectivity index (χ0) is 16.9. The quantitative estimate of drug-likeness (QED) is 0.645. The van der Waals surface area contributed by atoms with Crippen LogP contribution in [0.1, 0.15) is 5.56 Å². The minimum absolute atomic E-state index is 0.0167. The van der Waals surface area contributed by atoms with Crippen molar-refractivity contribution in [3.8, 4) is 17.6 Å². The van der Waals surface area contributed by atoms with Crippen LogP contribution >= 0.6 is 15.9 Å². The Kier molecular flexibility index (Phi) is 4.82. The largest absolute Gasteiger partial charge is 0.486 e. The van der Waals surface area contributed by atoms with Gasteiger partial charge in [0, 0.05) is 16.2 Å². The summed E-state index contributed by atoms with van der Waals surface area (Å²) in [5.74, 6) is 0.743. The van der Waals surface area contributed by atoms with Gasteiger partial charge in [-0.25, -0.2) is 0 Å². The van der Waals surface area contributed by atoms with Gasteiger partial charge in [0.15, 0.2) is 11.5 Å². The van der Waals surface area contributed by atoms with Crippen LogP contribution in [0.2, 0.25) is 0 Å². The number of hydrogen-bond acceptors (Lipinski definition) is 4. The number of rotatable bonds is 3. The summed E-state index contributed by atoms with van der Waals surface area (Å²) in [5.41, 5.74) is 1.32. The summed E-state index contributed by atoms with van der Waals surface area (Å²) >= 11 is 3.36. The Bertz CT molecular complexity index is 856. The molecule has 2 aromatic carbocycles. The number of halogens is 1. The molecule has 6 heteroatoms. The predicted molar refractivity (Wildman–Crippen MR) is 93.8 cm³/mol. The van der Waals surface area contributed by atoms with Crippen LogP contribution in [0.25, 0.3) is 6.08 Å². The van der Waals surface area contributed by atoms with Crippen LogP contribution in [-0.2, 0) is 4.79 Å². The second-order valence-corrected chi connectivity index (χ2v) is 5.95. The Morgan fingerprint density at radius 3 is 2.71 bits per heavy atom. The van der Waals surface area contributed by atoms with Crippen molar-refractivity contribution in [2.75, 3.05) is 18.5 Å². The lowest BCUT2D eigenvalue weighted by Crippen LogP contribution is -2.17. The highest BCUT2D eigenvalue weighted by Crippen LogP contribution is 2.32. The molecule has 1 heterocycles. The van der Waals surface area contributed by atoms with Crippen molar-refractivity contribution in [1.82, 2.24) is 0 Å². The molecule has 0 saturated heterocycles. The molecule has 0 bridgehead atoms. The lowest BCUT2D eigenvalue weighted by Gasteiger charge is -2.18. The van der Waals surface area contributed by atoms with Gasteiger partial charge in [0.1, 0.15) is 24.9 Å². The van der Waals surface area contributed by atoms with Crippen LogP contribution in [0.3, 0.4) is 0 Å². The van der Waals surface area contributed by atoms with Gasteiger partial charge in [-0.2, -0.15) is 5.26 Å². The van der Waals surface area contributed by atoms with Gasteiger partial charge in [0.2, 0.25) is 0 Å². The molecule has 1 aliphatic heterocycles. The van der Waals surface area contributed by atoms with E-state index in [4.69, 9.17) is 9.47 Å². The van der Waals surface area contributed by atoms with Crippen molar-refractivity contribution < 1.29 is 14.3 Å². The number of carbonyl (C=O) groups excluding carboxylic acids is 1. The number of fused-ring (bicyclic) bond motifs is 1. The fourth-order valence-electron chi connectivity index (χ4n) is 2.23. The molecule has 0 aliphatic carbocycles. The van der Waals surface area contributed by atoms with Crippen LogP contribution in [0.15, 0.2) is 52.5 Å². The molecular weight excluding hydrogens is 372 g/mol. The number of benzene rings is 2. The Hall–Kier alpha value is -2.78. The molecule has 2 aromatic rings. The van der Waals surface area contributed by atoms with E-state index in [0.29, 0.717) is 30.4 Å². The summed E-state index contributed by atoms with van der Waals surface area (Å²) in [4.78, 5) is 12.3. The van der Waals surface area contributed by atoms with Gasteiger partial charge in [0.05, 0.1) is 0 Å². The fourth-order valence-corrected chi connectivity index (χ4v) is 2.65. The van der Waals surface area contributed by atoms with Gasteiger partial charge in [0.25, 0.3) is 5.91 Å². The Balaban J connectivity index is 1.79. The van der Waals surface area contributed by atoms with Crippen molar-refractivity contribution in [1.29, 1.82) is 5.26 Å². The van der Waals surface area contributed by atoms with Crippen molar-refractivity contribution in [3.63, 3.8) is 0 Å². The minimum Gasteiger partial charge on any atom is -0.486 e. The Labute approximate surface area is 147 Å². The molecule has 0 atom stereocenters. The van der Waals surface area contributed by atoms with E-state index in [-0.39, 0.29) is 5.57 Å². The van der Waals surface area contributed by atoms with E-state index in [0.717, 1.165) is 10.0 Å². The summed E-state index contributed by atoms with van der Waals surface area (Å²) in [6, 6.07) is 14.4. The van der Waals surface area contributed by atoms with Crippen LogP contribution in [0.5, 0.6) is 11.5 Å². The van der Waals surface area contributed by atoms with Crippen LogP contribution in [0.4, 0.5) is 5.69 Å². The maximum absolute atomic E-state index is 12.3. The first kappa shape index (κ1) is 16.1. The molecule has 120 valence electrons. The number of amides is 1. The van der Waals surface area contributed by atoms with Gasteiger partial charge in [-0.15, -0.1) is 0 Å². The predicted octanol–water partition coefficient (Wildman–Crippen LogP) is 3.77. The summed E-state index contributed by atoms with van der Waals surface area (Å²) in [7, 11) is 0. The molecule has 1 N–H and O–H groups in total. The lowest BCUT2D eigenvalue weighted by molar-refractivity contribution is -0.112. The summed E-state index contributed by atoms with van der Waals surface area (Å²) in [6.45, 7) is 0.975. The highest BCUT2D eigenvalue weighted by molar-refractivity contribution is 9.10. The lowest BCUT2D eigenvalue weighted by atomic mass is 10.1. The van der Waals surface area contributed by atoms with E-state index < -0.39 is 5.91 Å². The molecule has 0 spiro atoms. The third kappa shape index (κ3) is 3.76. The topological polar surface area (TPSA) is 71.4 Å². The molecule has 1 aliphatic rings. The number of ether oxygens (including phenoxy) is 2. The first-order valence-corrected chi connectivity index (χ1v) is 8.03. The molecule has 3 rings (SSSR count). The average molecular weight is 385 g/mol. The zero-order valence-corrected chi connectivity index (χ0v) is 14.2. The van der Waals surface area contributed by atoms with E-state index in [1.54, 1.807) is 18.2 Å². The fraction of sp³-hybridized carbons (Fsp3) is 0.111. The summed E-state index contributed by atoms with van der Waals surface area (Å²) < 4.78 is 11.8. The number of hydrogen-bond donors (Lipinski definition) is 1. The first-order valence-electron chi connectivity index (χ1n) is 7.24. The Morgan fingerprint density at radius 2 is 1.96 bits per heavy atom. The van der Waals surface area contributed by atoms with Crippen molar-refractivity contribution in [2.24, 2.45) is 0 Å². The number of carbonyl (C=O) groups is 1. The van der Waals surface area contributed by atoms with Crippen LogP contribution in [0, 0.1) is 11.3 Å². The summed E-state index contributed by atoms with van der Waals surface area (Å²) in [6.07, 6.45) is 1.54. The molecular formula is C18H13BrN2O3. The van der Waals surface area contributed by atoms with Gasteiger partial charge >= 0.3 is 0 Å². The van der Waals surface area contributed by atoms with Gasteiger partial charge in [-0.1, -0.05) is 28.1 Å². The molecule has 0 aromatic heterocycles. The molecule has 0 unspecified atom stereocenters. The van der Waals surface area contributed by atoms with E-state index in [1.807, 2.05) is 30.3 Å². The molecule has 0 radical (unpaired) electrons. The normalized spacial score (nSPS) is 13.1. The van der Waals surface area contributed by atoms with Crippen LogP contribution in [-0.4, -0.2) is 19.1 Å². The highest BCUT2D eigenvalue weighted by Gasteiger charge is 2.14. The third-order valence-electron chi connectivity index (χ3n) is 3.32. The number of nitrogens with one attached hydrogen (secondary N) is 1. The third-order valence-corrected chi connectivity index (χ3v) is 3.82. The van der Waals surface area contributed by atoms with Gasteiger partial charge < -0.3 is 14.8 Å². The molecule has 5 nitrogen and oxygen atoms in total. The summed E-state index contributed by atoms with van der Waals surface area (Å²) in [5, 5.41) is 12.0. The first-order chi connectivity index (χ1) is 11.7. The zero-order valence-electron chi connectivity index (χ0n) is 12.6. The van der Waals surface area contributed by atoms with E-state index in [1.165, 1.54) is 6.08 Å². The van der Waals surface area contributed by atoms with E-state index >= 15 is 0 Å². The maximum Gasteiger partial charge on any atom is 0.266 e. The number of nitrogens with zero attached hydrogens (tertiary/aromatic N) is 1. The number of anilines is 1. The smallest absolute Gasteiger partial charge is 0.266 e. The molecule has 0 fully saturated rings.